The molecule has 2 aliphatic heterocycles. The van der Waals surface area contributed by atoms with Gasteiger partial charge in [0.1, 0.15) is 0 Å². The van der Waals surface area contributed by atoms with E-state index in [-0.39, 0.29) is 30.4 Å². The number of aromatic nitrogens is 2. The molecule has 1 aromatic heterocycles. The summed E-state index contributed by atoms with van der Waals surface area (Å²) in [7, 11) is 0. The van der Waals surface area contributed by atoms with Crippen LogP contribution >= 0.6 is 11.6 Å². The smallest absolute Gasteiger partial charge is 0.320 e. The average Bonchev–Trinajstić information content (AvgIpc) is 2.61. The molecule has 3 heterocycles. The number of carbonyl (C=O) groups is 2. The van der Waals surface area contributed by atoms with Crippen LogP contribution in [0.4, 0.5) is 4.79 Å². The van der Waals surface area contributed by atoms with Crippen LogP contribution in [0.15, 0.2) is 12.4 Å². The third kappa shape index (κ3) is 3.45. The minimum atomic E-state index is -0.183. The van der Waals surface area contributed by atoms with E-state index in [0.717, 1.165) is 25.8 Å². The van der Waals surface area contributed by atoms with Crippen LogP contribution in [0.25, 0.3) is 0 Å². The van der Waals surface area contributed by atoms with Gasteiger partial charge in [-0.2, -0.15) is 0 Å². The van der Waals surface area contributed by atoms with E-state index in [9.17, 15) is 9.59 Å². The van der Waals surface area contributed by atoms with Crippen LogP contribution < -0.4 is 5.32 Å². The standard InChI is InChI=1S/C16H22ClN5O2/c1-2-21-8-5-12-4-3-11(10-22(12)16(21)24)15(23)20-9-13-14(17)19-7-6-18-13/h6-7,11-12H,2-5,8-10H2,1H3,(H,20,23). The maximum absolute atomic E-state index is 12.5. The Morgan fingerprint density at radius 1 is 1.33 bits per heavy atom. The highest BCUT2D eigenvalue weighted by Crippen LogP contribution is 2.28. The minimum Gasteiger partial charge on any atom is -0.350 e. The molecule has 7 nitrogen and oxygen atoms in total. The number of nitrogens with zero attached hydrogens (tertiary/aromatic N) is 4. The molecular weight excluding hydrogens is 330 g/mol. The number of halogens is 1. The molecule has 2 aliphatic rings. The number of amides is 3. The molecule has 130 valence electrons. The van der Waals surface area contributed by atoms with Crippen molar-refractivity contribution in [1.29, 1.82) is 0 Å². The summed E-state index contributed by atoms with van der Waals surface area (Å²) in [5, 5.41) is 3.17. The molecule has 2 atom stereocenters. The predicted molar refractivity (Wildman–Crippen MR) is 89.4 cm³/mol. The molecule has 2 fully saturated rings. The summed E-state index contributed by atoms with van der Waals surface area (Å²) in [4.78, 5) is 36.7. The van der Waals surface area contributed by atoms with E-state index in [4.69, 9.17) is 11.6 Å². The summed E-state index contributed by atoms with van der Waals surface area (Å²) in [6.45, 7) is 4.25. The minimum absolute atomic E-state index is 0.0585. The van der Waals surface area contributed by atoms with E-state index in [2.05, 4.69) is 15.3 Å². The molecule has 1 N–H and O–H groups in total. The Bertz CT molecular complexity index is 626. The van der Waals surface area contributed by atoms with Crippen LogP contribution in [0, 0.1) is 5.92 Å². The Morgan fingerprint density at radius 3 is 2.88 bits per heavy atom. The van der Waals surface area contributed by atoms with Crippen molar-refractivity contribution in [3.63, 3.8) is 0 Å². The second-order valence-corrected chi connectivity index (χ2v) is 6.60. The molecular formula is C16H22ClN5O2. The van der Waals surface area contributed by atoms with E-state index in [1.54, 1.807) is 6.20 Å². The number of carbonyl (C=O) groups excluding carboxylic acids is 2. The largest absolute Gasteiger partial charge is 0.350 e. The van der Waals surface area contributed by atoms with Crippen molar-refractivity contribution in [3.05, 3.63) is 23.2 Å². The normalized spacial score (nSPS) is 23.8. The van der Waals surface area contributed by atoms with Gasteiger partial charge >= 0.3 is 6.03 Å². The molecule has 3 amide bonds. The van der Waals surface area contributed by atoms with Crippen LogP contribution in [0.5, 0.6) is 0 Å². The zero-order valence-electron chi connectivity index (χ0n) is 13.7. The quantitative estimate of drug-likeness (QED) is 0.895. The first kappa shape index (κ1) is 17.0. The van der Waals surface area contributed by atoms with Gasteiger partial charge in [0.05, 0.1) is 18.2 Å². The van der Waals surface area contributed by atoms with Crippen molar-refractivity contribution in [3.8, 4) is 0 Å². The van der Waals surface area contributed by atoms with Crippen molar-refractivity contribution in [2.24, 2.45) is 5.92 Å². The van der Waals surface area contributed by atoms with Crippen molar-refractivity contribution in [2.75, 3.05) is 19.6 Å². The Hall–Kier alpha value is -1.89. The number of piperidine rings is 1. The van der Waals surface area contributed by atoms with Crippen molar-refractivity contribution < 1.29 is 9.59 Å². The van der Waals surface area contributed by atoms with E-state index < -0.39 is 0 Å². The third-order valence-corrected chi connectivity index (χ3v) is 5.18. The maximum Gasteiger partial charge on any atom is 0.320 e. The SMILES string of the molecule is CCN1CCC2CCC(C(=O)NCc3nccnc3Cl)CN2C1=O. The number of nitrogens with one attached hydrogen (secondary N) is 1. The summed E-state index contributed by atoms with van der Waals surface area (Å²) in [5.41, 5.74) is 0.549. The van der Waals surface area contributed by atoms with Gasteiger partial charge in [-0.05, 0) is 26.2 Å². The topological polar surface area (TPSA) is 78.4 Å². The molecule has 3 rings (SSSR count). The van der Waals surface area contributed by atoms with Gasteiger partial charge in [0.2, 0.25) is 5.91 Å². The second kappa shape index (κ2) is 7.34. The molecule has 2 unspecified atom stereocenters. The van der Waals surface area contributed by atoms with Gasteiger partial charge in [-0.3, -0.25) is 9.78 Å². The molecule has 24 heavy (non-hydrogen) atoms. The molecule has 2 saturated heterocycles. The Balaban J connectivity index is 1.58. The highest BCUT2D eigenvalue weighted by Gasteiger charge is 2.39. The molecule has 0 spiro atoms. The summed E-state index contributed by atoms with van der Waals surface area (Å²) < 4.78 is 0. The van der Waals surface area contributed by atoms with Gasteiger partial charge in [-0.15, -0.1) is 0 Å². The predicted octanol–water partition coefficient (Wildman–Crippen LogP) is 1.67. The number of fused-ring (bicyclic) bond motifs is 1. The highest BCUT2D eigenvalue weighted by atomic mass is 35.5. The summed E-state index contributed by atoms with van der Waals surface area (Å²) in [6.07, 6.45) is 5.73. The van der Waals surface area contributed by atoms with Crippen molar-refractivity contribution in [1.82, 2.24) is 25.1 Å². The third-order valence-electron chi connectivity index (χ3n) is 4.86. The molecule has 0 saturated carbocycles. The van der Waals surface area contributed by atoms with Crippen molar-refractivity contribution >= 4 is 23.5 Å². The van der Waals surface area contributed by atoms with E-state index in [0.29, 0.717) is 23.9 Å². The fraction of sp³-hybridized carbons (Fsp3) is 0.625. The molecule has 0 aliphatic carbocycles. The van der Waals surface area contributed by atoms with Crippen LogP contribution in [-0.4, -0.2) is 57.4 Å². The molecule has 1 aromatic rings. The van der Waals surface area contributed by atoms with Gasteiger partial charge in [0.25, 0.3) is 0 Å². The first-order chi connectivity index (χ1) is 11.6. The van der Waals surface area contributed by atoms with Crippen LogP contribution in [0.2, 0.25) is 5.15 Å². The van der Waals surface area contributed by atoms with Gasteiger partial charge in [-0.1, -0.05) is 11.6 Å². The number of hydrogen-bond acceptors (Lipinski definition) is 4. The maximum atomic E-state index is 12.5. The lowest BCUT2D eigenvalue weighted by Gasteiger charge is -2.45. The summed E-state index contributed by atoms with van der Waals surface area (Å²) >= 11 is 5.95. The first-order valence-electron chi connectivity index (χ1n) is 8.38. The lowest BCUT2D eigenvalue weighted by molar-refractivity contribution is -0.127. The van der Waals surface area contributed by atoms with Gasteiger partial charge in [-0.25, -0.2) is 9.78 Å². The fourth-order valence-corrected chi connectivity index (χ4v) is 3.61. The molecule has 0 radical (unpaired) electrons. The Morgan fingerprint density at radius 2 is 2.12 bits per heavy atom. The number of hydrogen-bond donors (Lipinski definition) is 1. The zero-order valence-corrected chi connectivity index (χ0v) is 14.5. The lowest BCUT2D eigenvalue weighted by Crippen LogP contribution is -2.58. The highest BCUT2D eigenvalue weighted by molar-refractivity contribution is 6.29. The van der Waals surface area contributed by atoms with Gasteiger partial charge in [0.15, 0.2) is 5.15 Å². The van der Waals surface area contributed by atoms with E-state index in [1.807, 2.05) is 16.7 Å². The summed E-state index contributed by atoms with van der Waals surface area (Å²) in [6, 6.07) is 0.335. The van der Waals surface area contributed by atoms with Crippen molar-refractivity contribution in [2.45, 2.75) is 38.8 Å². The summed E-state index contributed by atoms with van der Waals surface area (Å²) in [5.74, 6) is -0.242. The Labute approximate surface area is 146 Å². The number of rotatable bonds is 4. The van der Waals surface area contributed by atoms with E-state index in [1.165, 1.54) is 6.20 Å². The van der Waals surface area contributed by atoms with Crippen LogP contribution in [0.3, 0.4) is 0 Å². The molecule has 0 aromatic carbocycles. The Kier molecular flexibility index (Phi) is 5.18. The van der Waals surface area contributed by atoms with Gasteiger partial charge < -0.3 is 15.1 Å². The number of urea groups is 1. The molecule has 0 bridgehead atoms. The zero-order chi connectivity index (χ0) is 17.1. The molecule has 8 heteroatoms. The first-order valence-corrected chi connectivity index (χ1v) is 8.76. The van der Waals surface area contributed by atoms with Crippen LogP contribution in [-0.2, 0) is 11.3 Å². The second-order valence-electron chi connectivity index (χ2n) is 6.24. The van der Waals surface area contributed by atoms with Gasteiger partial charge in [0, 0.05) is 38.1 Å². The lowest BCUT2D eigenvalue weighted by atomic mass is 9.89. The van der Waals surface area contributed by atoms with E-state index >= 15 is 0 Å². The average molecular weight is 352 g/mol. The fourth-order valence-electron chi connectivity index (χ4n) is 3.43. The monoisotopic (exact) mass is 351 g/mol. The van der Waals surface area contributed by atoms with Crippen LogP contribution in [0.1, 0.15) is 31.9 Å².